The van der Waals surface area contributed by atoms with Crippen LogP contribution in [0.3, 0.4) is 0 Å². The van der Waals surface area contributed by atoms with Gasteiger partial charge < -0.3 is 10.0 Å². The molecule has 0 unspecified atom stereocenters. The summed E-state index contributed by atoms with van der Waals surface area (Å²) in [7, 11) is 0. The summed E-state index contributed by atoms with van der Waals surface area (Å²) in [6, 6.07) is 10.4. The molecule has 1 saturated heterocycles. The molecule has 0 saturated carbocycles. The fraction of sp³-hybridized carbons (Fsp3) is 0.429. The van der Waals surface area contributed by atoms with E-state index < -0.39 is 0 Å². The van der Waals surface area contributed by atoms with Gasteiger partial charge in [0, 0.05) is 13.1 Å². The van der Waals surface area contributed by atoms with E-state index in [-0.39, 0.29) is 31.2 Å². The van der Waals surface area contributed by atoms with E-state index in [2.05, 4.69) is 34.3 Å². The quantitative estimate of drug-likeness (QED) is 0.674. The van der Waals surface area contributed by atoms with E-state index in [1.165, 1.54) is 27.3 Å². The lowest BCUT2D eigenvalue weighted by atomic mass is 9.90. The number of hydrogen-bond donors (Lipinski definition) is 1. The molecule has 1 aliphatic heterocycles. The van der Waals surface area contributed by atoms with Crippen molar-refractivity contribution in [2.45, 2.75) is 32.4 Å². The highest BCUT2D eigenvalue weighted by Crippen LogP contribution is 2.21. The molecule has 2 aromatic heterocycles. The van der Waals surface area contributed by atoms with Gasteiger partial charge in [-0.25, -0.2) is 9.67 Å². The average Bonchev–Trinajstić information content (AvgIpc) is 3.15. The van der Waals surface area contributed by atoms with E-state index in [0.717, 1.165) is 32.4 Å². The van der Waals surface area contributed by atoms with Crippen LogP contribution < -0.4 is 5.56 Å². The van der Waals surface area contributed by atoms with Gasteiger partial charge >= 0.3 is 0 Å². The second-order valence-electron chi connectivity index (χ2n) is 7.52. The molecule has 8 heteroatoms. The summed E-state index contributed by atoms with van der Waals surface area (Å²) >= 11 is 0. The molecule has 29 heavy (non-hydrogen) atoms. The predicted molar refractivity (Wildman–Crippen MR) is 108 cm³/mol. The van der Waals surface area contributed by atoms with Gasteiger partial charge in [0.15, 0.2) is 5.65 Å². The lowest BCUT2D eigenvalue weighted by molar-refractivity contribution is -0.133. The average molecular weight is 395 g/mol. The van der Waals surface area contributed by atoms with Crippen molar-refractivity contribution in [3.8, 4) is 0 Å². The normalized spacial score (nSPS) is 15.1. The zero-order valence-electron chi connectivity index (χ0n) is 16.3. The van der Waals surface area contributed by atoms with Crippen LogP contribution in [0.1, 0.15) is 18.4 Å². The molecule has 0 aliphatic carbocycles. The van der Waals surface area contributed by atoms with E-state index in [4.69, 9.17) is 5.11 Å². The van der Waals surface area contributed by atoms with Crippen molar-refractivity contribution < 1.29 is 9.90 Å². The third-order valence-electron chi connectivity index (χ3n) is 5.57. The first-order valence-electron chi connectivity index (χ1n) is 9.99. The van der Waals surface area contributed by atoms with Gasteiger partial charge in [-0.1, -0.05) is 30.3 Å². The van der Waals surface area contributed by atoms with Gasteiger partial charge in [0.1, 0.15) is 18.3 Å². The standard InChI is InChI=1S/C21H25N5O3/c27-11-10-26-20-18(13-23-26)21(29)25(15-22-20)14-19(28)24-8-6-17(7-9-24)12-16-4-2-1-3-5-16/h1-5,13,15,17,27H,6-12,14H2. The minimum atomic E-state index is -0.286. The molecule has 1 aliphatic rings. The number of piperidine rings is 1. The number of carbonyl (C=O) groups is 1. The third kappa shape index (κ3) is 4.22. The van der Waals surface area contributed by atoms with Gasteiger partial charge in [-0.3, -0.25) is 14.2 Å². The first-order chi connectivity index (χ1) is 14.2. The van der Waals surface area contributed by atoms with E-state index >= 15 is 0 Å². The molecular weight excluding hydrogens is 370 g/mol. The molecule has 0 spiro atoms. The molecule has 0 atom stereocenters. The second kappa shape index (κ2) is 8.57. The number of aliphatic hydroxyl groups is 1. The highest BCUT2D eigenvalue weighted by Gasteiger charge is 2.23. The minimum absolute atomic E-state index is 0.0176. The van der Waals surface area contributed by atoms with Crippen molar-refractivity contribution in [1.29, 1.82) is 0 Å². The summed E-state index contributed by atoms with van der Waals surface area (Å²) in [5.41, 5.74) is 1.48. The van der Waals surface area contributed by atoms with Crippen molar-refractivity contribution in [3.63, 3.8) is 0 Å². The lowest BCUT2D eigenvalue weighted by Crippen LogP contribution is -2.41. The molecular formula is C21H25N5O3. The van der Waals surface area contributed by atoms with Gasteiger partial charge in [-0.05, 0) is 30.7 Å². The van der Waals surface area contributed by atoms with E-state index in [0.29, 0.717) is 17.0 Å². The zero-order chi connectivity index (χ0) is 20.2. The molecule has 1 fully saturated rings. The molecule has 8 nitrogen and oxygen atoms in total. The summed E-state index contributed by atoms with van der Waals surface area (Å²) in [5.74, 6) is 0.522. The predicted octanol–water partition coefficient (Wildman–Crippen LogP) is 1.07. The number of aromatic nitrogens is 4. The second-order valence-corrected chi connectivity index (χ2v) is 7.52. The summed E-state index contributed by atoms with van der Waals surface area (Å²) in [6.45, 7) is 1.61. The number of likely N-dealkylation sites (tertiary alicyclic amines) is 1. The number of nitrogens with zero attached hydrogens (tertiary/aromatic N) is 5. The molecule has 1 aromatic carbocycles. The van der Waals surface area contributed by atoms with Crippen molar-refractivity contribution in [2.24, 2.45) is 5.92 Å². The minimum Gasteiger partial charge on any atom is -0.394 e. The lowest BCUT2D eigenvalue weighted by Gasteiger charge is -2.32. The fourth-order valence-corrected chi connectivity index (χ4v) is 3.95. The molecule has 4 rings (SSSR count). The van der Waals surface area contributed by atoms with Gasteiger partial charge in [-0.15, -0.1) is 0 Å². The monoisotopic (exact) mass is 395 g/mol. The van der Waals surface area contributed by atoms with Gasteiger partial charge in [0.2, 0.25) is 5.91 Å². The Kier molecular flexibility index (Phi) is 5.71. The zero-order valence-corrected chi connectivity index (χ0v) is 16.3. The van der Waals surface area contributed by atoms with Crippen molar-refractivity contribution in [3.05, 3.63) is 58.8 Å². The van der Waals surface area contributed by atoms with E-state index in [1.807, 2.05) is 11.0 Å². The first-order valence-corrected chi connectivity index (χ1v) is 9.99. The maximum absolute atomic E-state index is 12.7. The van der Waals surface area contributed by atoms with Crippen molar-refractivity contribution in [1.82, 2.24) is 24.2 Å². The molecule has 3 heterocycles. The molecule has 0 bridgehead atoms. The van der Waals surface area contributed by atoms with Crippen LogP contribution in [0, 0.1) is 5.92 Å². The first kappa shape index (κ1) is 19.3. The van der Waals surface area contributed by atoms with E-state index in [9.17, 15) is 9.59 Å². The van der Waals surface area contributed by atoms with Crippen LogP contribution in [0.25, 0.3) is 11.0 Å². The summed E-state index contributed by atoms with van der Waals surface area (Å²) < 4.78 is 2.83. The number of benzene rings is 1. The van der Waals surface area contributed by atoms with Gasteiger partial charge in [0.05, 0.1) is 19.3 Å². The Hall–Kier alpha value is -3.00. The number of rotatable bonds is 6. The maximum Gasteiger partial charge on any atom is 0.264 e. The molecule has 152 valence electrons. The number of amides is 1. The Morgan fingerprint density at radius 3 is 2.66 bits per heavy atom. The van der Waals surface area contributed by atoms with E-state index in [1.54, 1.807) is 0 Å². The molecule has 0 radical (unpaired) electrons. The van der Waals surface area contributed by atoms with Crippen LogP contribution in [0.2, 0.25) is 0 Å². The van der Waals surface area contributed by atoms with Gasteiger partial charge in [-0.2, -0.15) is 5.10 Å². The Labute approximate surface area is 168 Å². The topological polar surface area (TPSA) is 93.2 Å². The van der Waals surface area contributed by atoms with Crippen molar-refractivity contribution >= 4 is 16.9 Å². The SMILES string of the molecule is O=C(Cn1cnc2c(cnn2CCO)c1=O)N1CCC(Cc2ccccc2)CC1. The van der Waals surface area contributed by atoms with Crippen LogP contribution >= 0.6 is 0 Å². The highest BCUT2D eigenvalue weighted by atomic mass is 16.3. The van der Waals surface area contributed by atoms with Crippen LogP contribution in [0.4, 0.5) is 0 Å². The van der Waals surface area contributed by atoms with Gasteiger partial charge in [0.25, 0.3) is 5.56 Å². The Bertz CT molecular complexity index is 1040. The van der Waals surface area contributed by atoms with Crippen LogP contribution in [-0.2, 0) is 24.3 Å². The largest absolute Gasteiger partial charge is 0.394 e. The third-order valence-corrected chi connectivity index (χ3v) is 5.57. The smallest absolute Gasteiger partial charge is 0.264 e. The highest BCUT2D eigenvalue weighted by molar-refractivity contribution is 5.77. The molecule has 1 N–H and O–H groups in total. The maximum atomic E-state index is 12.7. The Morgan fingerprint density at radius 2 is 1.93 bits per heavy atom. The van der Waals surface area contributed by atoms with Crippen molar-refractivity contribution in [2.75, 3.05) is 19.7 Å². The fourth-order valence-electron chi connectivity index (χ4n) is 3.95. The molecule has 3 aromatic rings. The van der Waals surface area contributed by atoms with Crippen LogP contribution in [0.5, 0.6) is 0 Å². The summed E-state index contributed by atoms with van der Waals surface area (Å²) in [6.07, 6.45) is 5.82. The number of fused-ring (bicyclic) bond motifs is 1. The number of carbonyl (C=O) groups excluding carboxylic acids is 1. The van der Waals surface area contributed by atoms with Crippen LogP contribution in [0.15, 0.2) is 47.7 Å². The molecule has 1 amide bonds. The van der Waals surface area contributed by atoms with Crippen LogP contribution in [-0.4, -0.2) is 54.9 Å². The number of hydrogen-bond acceptors (Lipinski definition) is 5. The Balaban J connectivity index is 1.37. The summed E-state index contributed by atoms with van der Waals surface area (Å²) in [5, 5.41) is 13.5. The number of aliphatic hydroxyl groups excluding tert-OH is 1. The Morgan fingerprint density at radius 1 is 1.17 bits per heavy atom. The summed E-state index contributed by atoms with van der Waals surface area (Å²) in [4.78, 5) is 31.5.